The highest BCUT2D eigenvalue weighted by Crippen LogP contribution is 2.46. The molecule has 0 N–H and O–H groups in total. The first kappa shape index (κ1) is 15.2. The molecule has 1 unspecified atom stereocenters. The minimum absolute atomic E-state index is 0.0751. The van der Waals surface area contributed by atoms with Gasteiger partial charge in [-0.05, 0) is 47.1 Å². The third kappa shape index (κ3) is 2.55. The fourth-order valence-electron chi connectivity index (χ4n) is 3.55. The maximum absolute atomic E-state index is 2.39. The molecule has 0 aliphatic heterocycles. The van der Waals surface area contributed by atoms with Crippen LogP contribution in [0.4, 0.5) is 0 Å². The van der Waals surface area contributed by atoms with Gasteiger partial charge in [-0.1, -0.05) is 78.9 Å². The summed E-state index contributed by atoms with van der Waals surface area (Å²) >= 11 is 1.84. The van der Waals surface area contributed by atoms with Crippen LogP contribution < -0.4 is 0 Å². The van der Waals surface area contributed by atoms with Crippen molar-refractivity contribution in [1.82, 2.24) is 0 Å². The van der Waals surface area contributed by atoms with Gasteiger partial charge in [0.25, 0.3) is 0 Å². The van der Waals surface area contributed by atoms with Crippen LogP contribution in [0.15, 0.2) is 89.8 Å². The number of thiophene rings is 1. The smallest absolute Gasteiger partial charge is 0.0519 e. The lowest BCUT2D eigenvalue weighted by atomic mass is 9.69. The van der Waals surface area contributed by atoms with Crippen LogP contribution in [0.3, 0.4) is 0 Å². The van der Waals surface area contributed by atoms with Crippen molar-refractivity contribution in [2.24, 2.45) is 0 Å². The Bertz CT molecular complexity index is 885. The molecule has 1 aliphatic carbocycles. The summed E-state index contributed by atoms with van der Waals surface area (Å²) in [6, 6.07) is 23.9. The molecule has 1 aliphatic rings. The second-order valence-corrected chi connectivity index (χ2v) is 7.32. The molecule has 1 heterocycles. The molecule has 0 radical (unpaired) electrons. The van der Waals surface area contributed by atoms with Crippen LogP contribution >= 0.6 is 11.3 Å². The molecular weight excluding hydrogens is 308 g/mol. The van der Waals surface area contributed by atoms with Gasteiger partial charge in [-0.3, -0.25) is 0 Å². The number of benzene rings is 2. The van der Waals surface area contributed by atoms with E-state index in [0.717, 1.165) is 6.42 Å². The van der Waals surface area contributed by atoms with Crippen LogP contribution in [0.1, 0.15) is 28.5 Å². The van der Waals surface area contributed by atoms with Gasteiger partial charge in [0.2, 0.25) is 0 Å². The number of allylic oxidation sites excluding steroid dienone is 3. The van der Waals surface area contributed by atoms with Gasteiger partial charge in [-0.25, -0.2) is 0 Å². The van der Waals surface area contributed by atoms with E-state index >= 15 is 0 Å². The fraction of sp³-hybridized carbons (Fsp3) is 0.130. The van der Waals surface area contributed by atoms with Crippen LogP contribution in [0.2, 0.25) is 0 Å². The number of hydrogen-bond acceptors (Lipinski definition) is 1. The highest BCUT2D eigenvalue weighted by Gasteiger charge is 2.36. The summed E-state index contributed by atoms with van der Waals surface area (Å²) < 4.78 is 0. The summed E-state index contributed by atoms with van der Waals surface area (Å²) in [5.41, 5.74) is 5.38. The average molecular weight is 328 g/mol. The van der Waals surface area contributed by atoms with Gasteiger partial charge in [0, 0.05) is 4.88 Å². The molecule has 0 bridgehead atoms. The number of fused-ring (bicyclic) bond motifs is 1. The van der Waals surface area contributed by atoms with Crippen molar-refractivity contribution >= 4 is 17.4 Å². The van der Waals surface area contributed by atoms with Crippen LogP contribution in [-0.4, -0.2) is 0 Å². The summed E-state index contributed by atoms with van der Waals surface area (Å²) in [7, 11) is 0. The summed E-state index contributed by atoms with van der Waals surface area (Å²) in [5, 5.41) is 2.18. The first-order valence-electron chi connectivity index (χ1n) is 8.34. The van der Waals surface area contributed by atoms with Crippen LogP contribution in [0.5, 0.6) is 0 Å². The van der Waals surface area contributed by atoms with Crippen molar-refractivity contribution in [3.05, 3.63) is 111 Å². The lowest BCUT2D eigenvalue weighted by molar-refractivity contribution is 0.697. The van der Waals surface area contributed by atoms with Crippen LogP contribution in [-0.2, 0) is 11.8 Å². The van der Waals surface area contributed by atoms with Crippen molar-refractivity contribution in [2.45, 2.75) is 18.8 Å². The van der Waals surface area contributed by atoms with Crippen molar-refractivity contribution < 1.29 is 0 Å². The number of hydrogen-bond donors (Lipinski definition) is 0. The van der Waals surface area contributed by atoms with Gasteiger partial charge in [0.15, 0.2) is 0 Å². The Kier molecular flexibility index (Phi) is 3.95. The van der Waals surface area contributed by atoms with Crippen LogP contribution in [0, 0.1) is 0 Å². The van der Waals surface area contributed by atoms with Crippen molar-refractivity contribution in [2.75, 3.05) is 0 Å². The van der Waals surface area contributed by atoms with Gasteiger partial charge in [-0.2, -0.15) is 0 Å². The van der Waals surface area contributed by atoms with E-state index in [9.17, 15) is 0 Å². The Morgan fingerprint density at radius 3 is 2.46 bits per heavy atom. The molecule has 0 amide bonds. The van der Waals surface area contributed by atoms with E-state index in [1.807, 2.05) is 11.3 Å². The van der Waals surface area contributed by atoms with Crippen molar-refractivity contribution in [1.29, 1.82) is 0 Å². The lowest BCUT2D eigenvalue weighted by Crippen LogP contribution is -2.27. The average Bonchev–Trinajstić information content (AvgIpc) is 3.17. The van der Waals surface area contributed by atoms with Gasteiger partial charge in [0.05, 0.1) is 5.41 Å². The normalized spacial score (nSPS) is 21.0. The largest absolute Gasteiger partial charge is 0.148 e. The number of rotatable bonds is 3. The highest BCUT2D eigenvalue weighted by molar-refractivity contribution is 7.10. The summed E-state index contributed by atoms with van der Waals surface area (Å²) in [4.78, 5) is 1.40. The van der Waals surface area contributed by atoms with E-state index in [-0.39, 0.29) is 5.41 Å². The Morgan fingerprint density at radius 1 is 0.875 bits per heavy atom. The third-order valence-corrected chi connectivity index (χ3v) is 6.03. The third-order valence-electron chi connectivity index (χ3n) is 4.93. The lowest BCUT2D eigenvalue weighted by Gasteiger charge is -2.35. The quantitative estimate of drug-likeness (QED) is 0.533. The Balaban J connectivity index is 1.82. The topological polar surface area (TPSA) is 0 Å². The molecule has 1 heteroatoms. The molecule has 0 saturated carbocycles. The predicted octanol–water partition coefficient (Wildman–Crippen LogP) is 6.25. The Labute approximate surface area is 147 Å². The van der Waals surface area contributed by atoms with Gasteiger partial charge in [0.1, 0.15) is 0 Å². The zero-order valence-electron chi connectivity index (χ0n) is 13.8. The molecule has 118 valence electrons. The first-order valence-corrected chi connectivity index (χ1v) is 9.22. The minimum atomic E-state index is -0.0751. The molecule has 3 aromatic rings. The molecule has 0 spiro atoms. The molecule has 1 aromatic heterocycles. The second-order valence-electron chi connectivity index (χ2n) is 6.37. The molecule has 0 fully saturated rings. The predicted molar refractivity (Wildman–Crippen MR) is 104 cm³/mol. The fourth-order valence-corrected chi connectivity index (χ4v) is 4.48. The van der Waals surface area contributed by atoms with Crippen molar-refractivity contribution in [3.63, 3.8) is 0 Å². The molecule has 1 atom stereocenters. The van der Waals surface area contributed by atoms with E-state index < -0.39 is 0 Å². The maximum Gasteiger partial charge on any atom is 0.0519 e. The van der Waals surface area contributed by atoms with E-state index in [1.54, 1.807) is 0 Å². The van der Waals surface area contributed by atoms with E-state index in [1.165, 1.54) is 27.1 Å². The van der Waals surface area contributed by atoms with E-state index in [0.29, 0.717) is 0 Å². The molecule has 2 aromatic carbocycles. The van der Waals surface area contributed by atoms with Gasteiger partial charge >= 0.3 is 0 Å². The van der Waals surface area contributed by atoms with Gasteiger partial charge in [-0.15, -0.1) is 11.3 Å². The summed E-state index contributed by atoms with van der Waals surface area (Å²) in [6.45, 7) is 2.36. The van der Waals surface area contributed by atoms with Crippen molar-refractivity contribution in [3.8, 4) is 0 Å². The minimum Gasteiger partial charge on any atom is -0.148 e. The Hall–Kier alpha value is -2.38. The van der Waals surface area contributed by atoms with Crippen LogP contribution in [0.25, 0.3) is 6.08 Å². The molecule has 4 rings (SSSR count). The maximum atomic E-state index is 2.39. The molecule has 0 saturated heterocycles. The van der Waals surface area contributed by atoms with E-state index in [2.05, 4.69) is 97.3 Å². The highest BCUT2D eigenvalue weighted by atomic mass is 32.1. The van der Waals surface area contributed by atoms with Gasteiger partial charge < -0.3 is 0 Å². The van der Waals surface area contributed by atoms with E-state index in [4.69, 9.17) is 0 Å². The SMILES string of the molecule is CC1(c2cccs2)C(=CCc2ccccc2)C=Cc2ccccc21. The first-order chi connectivity index (χ1) is 11.8. The monoisotopic (exact) mass is 328 g/mol. The summed E-state index contributed by atoms with van der Waals surface area (Å²) in [5.74, 6) is 0. The molecule has 24 heavy (non-hydrogen) atoms. The summed E-state index contributed by atoms with van der Waals surface area (Å²) in [6.07, 6.45) is 7.90. The molecular formula is C23H20S. The Morgan fingerprint density at radius 2 is 1.67 bits per heavy atom. The zero-order chi connectivity index (χ0) is 16.4. The molecule has 0 nitrogen and oxygen atoms in total. The second kappa shape index (κ2) is 6.26. The standard InChI is InChI=1S/C23H20S/c1-23(22-12-7-17-24-22)20(15-13-18-8-3-2-4-9-18)16-14-19-10-5-6-11-21(19)23/h2-12,14-17H,13H2,1H3. The zero-order valence-corrected chi connectivity index (χ0v) is 14.6.